The molecule has 0 aliphatic rings. The van der Waals surface area contributed by atoms with Gasteiger partial charge in [-0.15, -0.1) is 0 Å². The van der Waals surface area contributed by atoms with E-state index in [0.29, 0.717) is 0 Å². The van der Waals surface area contributed by atoms with Crippen LogP contribution in [-0.4, -0.2) is 39.4 Å². The van der Waals surface area contributed by atoms with Crippen LogP contribution in [0.4, 0.5) is 5.69 Å². The van der Waals surface area contributed by atoms with E-state index in [4.69, 9.17) is 5.26 Å². The molecule has 0 bridgehead atoms. The Morgan fingerprint density at radius 1 is 1.15 bits per heavy atom. The van der Waals surface area contributed by atoms with Crippen LogP contribution >= 0.6 is 0 Å². The summed E-state index contributed by atoms with van der Waals surface area (Å²) in [5.41, 5.74) is 2.39. The first-order valence-electron chi connectivity index (χ1n) is 7.51. The number of benzene rings is 2. The standard InChI is InChI=1S/C9H8N2.C8H10AsNO5/c1-2-4-8(5-3-1)9-6-10-7-11-9;1-6(11)10-8-5-3-2-4-7(8)9(12,13)15-14/h1-7H,(H,10,11);2-5,14H,1H3,(H,10,11)(H,12,13). The molecule has 136 valence electrons. The Balaban J connectivity index is 0.000000195. The molecule has 3 aromatic rings. The van der Waals surface area contributed by atoms with Gasteiger partial charge in [0.1, 0.15) is 0 Å². The number of amides is 1. The first-order valence-corrected chi connectivity index (χ1v) is 10.8. The molecule has 0 fully saturated rings. The van der Waals surface area contributed by atoms with Crippen LogP contribution in [0.3, 0.4) is 0 Å². The summed E-state index contributed by atoms with van der Waals surface area (Å²) < 4.78 is 24.1. The number of H-pyrrole nitrogens is 1. The monoisotopic (exact) mass is 419 g/mol. The Kier molecular flexibility index (Phi) is 6.94. The van der Waals surface area contributed by atoms with Gasteiger partial charge in [0.15, 0.2) is 0 Å². The maximum Gasteiger partial charge on any atom is 0.0924 e. The average molecular weight is 419 g/mol. The molecule has 0 saturated heterocycles. The summed E-state index contributed by atoms with van der Waals surface area (Å²) in [7, 11) is 0. The Bertz CT molecular complexity index is 884. The molecule has 2 aromatic carbocycles. The zero-order valence-corrected chi connectivity index (χ0v) is 15.7. The number of anilines is 1. The molecule has 0 aliphatic heterocycles. The molecule has 0 radical (unpaired) electrons. The van der Waals surface area contributed by atoms with Crippen molar-refractivity contribution in [3.05, 3.63) is 67.1 Å². The van der Waals surface area contributed by atoms with Crippen LogP contribution in [-0.2, 0) is 12.4 Å². The SMILES string of the molecule is CC(=O)Nc1ccccc1[As](=O)(O)OO.c1ccc(-c2cnc[nH]2)cc1. The van der Waals surface area contributed by atoms with E-state index in [2.05, 4.69) is 19.2 Å². The van der Waals surface area contributed by atoms with Crippen molar-refractivity contribution in [2.75, 3.05) is 5.32 Å². The Morgan fingerprint density at radius 3 is 2.38 bits per heavy atom. The van der Waals surface area contributed by atoms with Gasteiger partial charge >= 0.3 is 88.4 Å². The summed E-state index contributed by atoms with van der Waals surface area (Å²) in [6.45, 7) is 1.27. The normalized spacial score (nSPS) is 12.4. The second-order valence-electron chi connectivity index (χ2n) is 5.13. The van der Waals surface area contributed by atoms with E-state index in [1.165, 1.54) is 30.7 Å². The number of nitrogens with zero attached hydrogens (tertiary/aromatic N) is 1. The minimum atomic E-state index is -4.92. The zero-order valence-electron chi connectivity index (χ0n) is 13.9. The van der Waals surface area contributed by atoms with Crippen molar-refractivity contribution in [1.82, 2.24) is 9.97 Å². The van der Waals surface area contributed by atoms with Crippen LogP contribution in [0.2, 0.25) is 0 Å². The van der Waals surface area contributed by atoms with Crippen molar-refractivity contribution >= 4 is 30.1 Å². The van der Waals surface area contributed by atoms with Gasteiger partial charge in [0.05, 0.1) is 18.2 Å². The molecule has 1 atom stereocenters. The number of carbonyl (C=O) groups is 1. The third-order valence-corrected chi connectivity index (χ3v) is 5.77. The van der Waals surface area contributed by atoms with Crippen LogP contribution in [0.15, 0.2) is 67.1 Å². The number of aromatic nitrogens is 2. The summed E-state index contributed by atoms with van der Waals surface area (Å²) in [4.78, 5) is 17.8. The fraction of sp³-hybridized carbons (Fsp3) is 0.0588. The Morgan fingerprint density at radius 2 is 1.81 bits per heavy atom. The number of para-hydroxylation sites is 1. The molecule has 3 rings (SSSR count). The van der Waals surface area contributed by atoms with Crippen molar-refractivity contribution < 1.29 is 21.8 Å². The Labute approximate surface area is 152 Å². The number of rotatable bonds is 4. The van der Waals surface area contributed by atoms with E-state index in [-0.39, 0.29) is 15.9 Å². The fourth-order valence-corrected chi connectivity index (χ4v) is 3.76. The molecule has 1 heterocycles. The van der Waals surface area contributed by atoms with Crippen molar-refractivity contribution in [2.24, 2.45) is 0 Å². The number of hydrogen-bond acceptors (Lipinski definition) is 5. The van der Waals surface area contributed by atoms with Gasteiger partial charge in [-0.25, -0.2) is 4.98 Å². The van der Waals surface area contributed by atoms with Gasteiger partial charge < -0.3 is 4.98 Å². The average Bonchev–Trinajstić information content (AvgIpc) is 3.18. The molecule has 9 heteroatoms. The minimum Gasteiger partial charge on any atom is -0.345 e. The summed E-state index contributed by atoms with van der Waals surface area (Å²) >= 11 is -4.92. The summed E-state index contributed by atoms with van der Waals surface area (Å²) in [5.74, 6) is -0.379. The fourth-order valence-electron chi connectivity index (χ4n) is 2.09. The van der Waals surface area contributed by atoms with Gasteiger partial charge in [0.2, 0.25) is 0 Å². The number of imidazole rings is 1. The number of aromatic amines is 1. The first-order chi connectivity index (χ1) is 12.4. The molecule has 1 unspecified atom stereocenters. The third kappa shape index (κ3) is 5.43. The van der Waals surface area contributed by atoms with Gasteiger partial charge in [-0.3, -0.25) is 0 Å². The van der Waals surface area contributed by atoms with Crippen LogP contribution in [0.5, 0.6) is 0 Å². The zero-order chi connectivity index (χ0) is 19.0. The quantitative estimate of drug-likeness (QED) is 0.290. The van der Waals surface area contributed by atoms with E-state index < -0.39 is 14.2 Å². The molecule has 0 saturated carbocycles. The number of carbonyl (C=O) groups excluding carboxylic acids is 1. The third-order valence-electron chi connectivity index (χ3n) is 3.21. The topological polar surface area (TPSA) is 125 Å². The van der Waals surface area contributed by atoms with Crippen LogP contribution in [0, 0.1) is 0 Å². The maximum atomic E-state index is 11.4. The van der Waals surface area contributed by atoms with Crippen LogP contribution in [0.25, 0.3) is 11.3 Å². The second-order valence-corrected chi connectivity index (χ2v) is 8.67. The van der Waals surface area contributed by atoms with Gasteiger partial charge in [0, 0.05) is 0 Å². The smallest absolute Gasteiger partial charge is 0.0924 e. The molecular weight excluding hydrogens is 401 g/mol. The minimum absolute atomic E-state index is 0.103. The van der Waals surface area contributed by atoms with Gasteiger partial charge in [-0.05, 0) is 5.56 Å². The van der Waals surface area contributed by atoms with Gasteiger partial charge in [-0.2, -0.15) is 0 Å². The summed E-state index contributed by atoms with van der Waals surface area (Å²) in [5, 5.41) is 10.7. The molecule has 1 aromatic heterocycles. The predicted molar refractivity (Wildman–Crippen MR) is 96.8 cm³/mol. The van der Waals surface area contributed by atoms with E-state index in [0.717, 1.165) is 5.69 Å². The van der Waals surface area contributed by atoms with Crippen LogP contribution < -0.4 is 9.67 Å². The summed E-state index contributed by atoms with van der Waals surface area (Å²) in [6, 6.07) is 16.0. The molecule has 0 spiro atoms. The molecule has 26 heavy (non-hydrogen) atoms. The first kappa shape index (κ1) is 19.7. The van der Waals surface area contributed by atoms with Crippen molar-refractivity contribution in [1.29, 1.82) is 0 Å². The largest absolute Gasteiger partial charge is 0.345 e. The van der Waals surface area contributed by atoms with E-state index in [1.807, 2.05) is 36.5 Å². The second kappa shape index (κ2) is 9.17. The molecular formula is C17H18AsN3O5. The van der Waals surface area contributed by atoms with Gasteiger partial charge in [-0.1, -0.05) is 30.3 Å². The molecule has 0 aliphatic carbocycles. The van der Waals surface area contributed by atoms with Crippen molar-refractivity contribution in [3.8, 4) is 11.3 Å². The Hall–Kier alpha value is -2.64. The van der Waals surface area contributed by atoms with E-state index in [1.54, 1.807) is 12.4 Å². The molecule has 4 N–H and O–H groups in total. The molecule has 8 nitrogen and oxygen atoms in total. The molecule has 1 amide bonds. The van der Waals surface area contributed by atoms with E-state index in [9.17, 15) is 12.6 Å². The van der Waals surface area contributed by atoms with Gasteiger partial charge in [0.25, 0.3) is 0 Å². The number of nitrogens with one attached hydrogen (secondary N) is 2. The van der Waals surface area contributed by atoms with Crippen molar-refractivity contribution in [3.63, 3.8) is 0 Å². The maximum absolute atomic E-state index is 11.4. The number of hydrogen-bond donors (Lipinski definition) is 4. The van der Waals surface area contributed by atoms with Crippen molar-refractivity contribution in [2.45, 2.75) is 6.92 Å². The van der Waals surface area contributed by atoms with Crippen LogP contribution in [0.1, 0.15) is 6.92 Å². The predicted octanol–water partition coefficient (Wildman–Crippen LogP) is 1.78. The summed E-state index contributed by atoms with van der Waals surface area (Å²) in [6.07, 6.45) is 3.50. The van der Waals surface area contributed by atoms with E-state index >= 15 is 0 Å².